The molecule has 0 aliphatic heterocycles. The molecule has 2 atom stereocenters. The van der Waals surface area contributed by atoms with Gasteiger partial charge in [0.2, 0.25) is 0 Å². The van der Waals surface area contributed by atoms with Gasteiger partial charge < -0.3 is 10.5 Å². The van der Waals surface area contributed by atoms with Gasteiger partial charge in [-0.25, -0.2) is 0 Å². The van der Waals surface area contributed by atoms with Crippen LogP contribution in [-0.4, -0.2) is 11.0 Å². The lowest BCUT2D eigenvalue weighted by molar-refractivity contribution is 0.180. The van der Waals surface area contributed by atoms with Gasteiger partial charge in [-0.1, -0.05) is 27.5 Å². The van der Waals surface area contributed by atoms with Crippen LogP contribution in [0.4, 0.5) is 0 Å². The molecular formula is C14H14BrClN2O. The Morgan fingerprint density at radius 3 is 2.53 bits per heavy atom. The topological polar surface area (TPSA) is 48.1 Å². The van der Waals surface area contributed by atoms with Crippen LogP contribution >= 0.6 is 27.5 Å². The zero-order chi connectivity index (χ0) is 13.8. The maximum Gasteiger partial charge on any atom is 0.139 e. The number of benzene rings is 1. The summed E-state index contributed by atoms with van der Waals surface area (Å²) in [6.07, 6.45) is 3.18. The number of rotatable bonds is 4. The highest BCUT2D eigenvalue weighted by Crippen LogP contribution is 2.32. The molecule has 2 unspecified atom stereocenters. The maximum atomic E-state index is 6.16. The van der Waals surface area contributed by atoms with Crippen LogP contribution in [-0.2, 0) is 0 Å². The first kappa shape index (κ1) is 14.3. The van der Waals surface area contributed by atoms with Crippen LogP contribution in [0.15, 0.2) is 47.2 Å². The van der Waals surface area contributed by atoms with Gasteiger partial charge in [0.25, 0.3) is 0 Å². The number of ether oxygens (including phenoxy) is 1. The van der Waals surface area contributed by atoms with Crippen LogP contribution in [0.5, 0.6) is 5.75 Å². The fourth-order valence-electron chi connectivity index (χ4n) is 1.74. The van der Waals surface area contributed by atoms with Gasteiger partial charge in [0.05, 0.1) is 5.02 Å². The Morgan fingerprint density at radius 2 is 1.95 bits per heavy atom. The summed E-state index contributed by atoms with van der Waals surface area (Å²) in [5.74, 6) is 0.615. The van der Waals surface area contributed by atoms with Crippen molar-refractivity contribution in [1.29, 1.82) is 0 Å². The first-order valence-electron chi connectivity index (χ1n) is 5.85. The highest BCUT2D eigenvalue weighted by molar-refractivity contribution is 9.10. The highest BCUT2D eigenvalue weighted by Gasteiger charge is 2.19. The van der Waals surface area contributed by atoms with Crippen molar-refractivity contribution in [2.24, 2.45) is 5.73 Å². The predicted molar refractivity (Wildman–Crippen MR) is 80.4 cm³/mol. The third-order valence-corrected chi connectivity index (χ3v) is 3.45. The number of hydrogen-bond acceptors (Lipinski definition) is 3. The summed E-state index contributed by atoms with van der Waals surface area (Å²) in [6, 6.07) is 9.11. The molecule has 2 rings (SSSR count). The summed E-state index contributed by atoms with van der Waals surface area (Å²) in [4.78, 5) is 3.99. The molecule has 19 heavy (non-hydrogen) atoms. The smallest absolute Gasteiger partial charge is 0.139 e. The van der Waals surface area contributed by atoms with E-state index in [1.807, 2.05) is 31.2 Å². The summed E-state index contributed by atoms with van der Waals surface area (Å²) in [5, 5.41) is 0.550. The number of pyridine rings is 1. The van der Waals surface area contributed by atoms with Gasteiger partial charge in [0.15, 0.2) is 0 Å². The molecule has 0 amide bonds. The zero-order valence-electron chi connectivity index (χ0n) is 10.4. The van der Waals surface area contributed by atoms with Gasteiger partial charge in [-0.05, 0) is 42.8 Å². The van der Waals surface area contributed by atoms with Crippen LogP contribution in [0.1, 0.15) is 18.6 Å². The average Bonchev–Trinajstić information content (AvgIpc) is 2.38. The minimum atomic E-state index is -0.262. The Kier molecular flexibility index (Phi) is 4.80. The van der Waals surface area contributed by atoms with Crippen LogP contribution in [0, 0.1) is 0 Å². The van der Waals surface area contributed by atoms with Gasteiger partial charge in [0, 0.05) is 22.9 Å². The van der Waals surface area contributed by atoms with Gasteiger partial charge in [0.1, 0.15) is 11.9 Å². The molecule has 0 saturated heterocycles. The normalized spacial score (nSPS) is 13.9. The third kappa shape index (κ3) is 3.69. The van der Waals surface area contributed by atoms with E-state index in [0.717, 1.165) is 10.0 Å². The van der Waals surface area contributed by atoms with E-state index in [1.165, 1.54) is 0 Å². The lowest BCUT2D eigenvalue weighted by Crippen LogP contribution is -2.29. The van der Waals surface area contributed by atoms with Crippen molar-refractivity contribution in [1.82, 2.24) is 4.98 Å². The molecule has 0 radical (unpaired) electrons. The molecule has 0 aliphatic rings. The Morgan fingerprint density at radius 1 is 1.26 bits per heavy atom. The monoisotopic (exact) mass is 340 g/mol. The molecular weight excluding hydrogens is 328 g/mol. The standard InChI is InChI=1S/C14H14BrClN2O/c1-9(17)14(10-4-6-18-7-5-10)19-13-3-2-11(15)8-12(13)16/h2-9,14H,17H2,1H3. The summed E-state index contributed by atoms with van der Waals surface area (Å²) >= 11 is 9.52. The summed E-state index contributed by atoms with van der Waals surface area (Å²) in [6.45, 7) is 1.90. The molecule has 2 aromatic rings. The van der Waals surface area contributed by atoms with Crippen molar-refractivity contribution in [2.75, 3.05) is 0 Å². The second-order valence-electron chi connectivity index (χ2n) is 4.25. The van der Waals surface area contributed by atoms with E-state index in [-0.39, 0.29) is 12.1 Å². The van der Waals surface area contributed by atoms with E-state index in [1.54, 1.807) is 18.5 Å². The molecule has 3 nitrogen and oxygen atoms in total. The summed E-state index contributed by atoms with van der Waals surface area (Å²) < 4.78 is 6.85. The van der Waals surface area contributed by atoms with Crippen molar-refractivity contribution in [3.05, 3.63) is 57.8 Å². The quantitative estimate of drug-likeness (QED) is 0.915. The van der Waals surface area contributed by atoms with Crippen LogP contribution < -0.4 is 10.5 Å². The van der Waals surface area contributed by atoms with E-state index < -0.39 is 0 Å². The maximum absolute atomic E-state index is 6.16. The van der Waals surface area contributed by atoms with Crippen molar-refractivity contribution in [3.63, 3.8) is 0 Å². The van der Waals surface area contributed by atoms with E-state index >= 15 is 0 Å². The SMILES string of the molecule is CC(N)C(Oc1ccc(Br)cc1Cl)c1ccncc1. The van der Waals surface area contributed by atoms with Crippen molar-refractivity contribution in [3.8, 4) is 5.75 Å². The van der Waals surface area contributed by atoms with Crippen LogP contribution in [0.25, 0.3) is 0 Å². The lowest BCUT2D eigenvalue weighted by Gasteiger charge is -2.23. The molecule has 0 spiro atoms. The van der Waals surface area contributed by atoms with Gasteiger partial charge in [-0.2, -0.15) is 0 Å². The fourth-order valence-corrected chi connectivity index (χ4v) is 2.46. The van der Waals surface area contributed by atoms with Gasteiger partial charge in [-0.15, -0.1) is 0 Å². The number of nitrogens with zero attached hydrogens (tertiary/aromatic N) is 1. The number of hydrogen-bond donors (Lipinski definition) is 1. The molecule has 2 N–H and O–H groups in total. The molecule has 0 aliphatic carbocycles. The second-order valence-corrected chi connectivity index (χ2v) is 5.58. The first-order chi connectivity index (χ1) is 9.08. The van der Waals surface area contributed by atoms with E-state index in [9.17, 15) is 0 Å². The summed E-state index contributed by atoms with van der Waals surface area (Å²) in [7, 11) is 0. The van der Waals surface area contributed by atoms with Crippen molar-refractivity contribution in [2.45, 2.75) is 19.1 Å². The van der Waals surface area contributed by atoms with Gasteiger partial charge >= 0.3 is 0 Å². The third-order valence-electron chi connectivity index (χ3n) is 2.66. The summed E-state index contributed by atoms with van der Waals surface area (Å²) in [5.41, 5.74) is 6.97. The number of aromatic nitrogens is 1. The average molecular weight is 342 g/mol. The Hall–Kier alpha value is -1.10. The molecule has 0 saturated carbocycles. The van der Waals surface area contributed by atoms with Crippen molar-refractivity contribution < 1.29 is 4.74 Å². The molecule has 5 heteroatoms. The molecule has 1 aromatic heterocycles. The largest absolute Gasteiger partial charge is 0.483 e. The lowest BCUT2D eigenvalue weighted by atomic mass is 10.1. The molecule has 0 bridgehead atoms. The van der Waals surface area contributed by atoms with E-state index in [2.05, 4.69) is 20.9 Å². The van der Waals surface area contributed by atoms with E-state index in [4.69, 9.17) is 22.1 Å². The zero-order valence-corrected chi connectivity index (χ0v) is 12.7. The number of halogens is 2. The Bertz CT molecular complexity index is 548. The molecule has 100 valence electrons. The molecule has 1 heterocycles. The number of nitrogens with two attached hydrogens (primary N) is 1. The fraction of sp³-hybridized carbons (Fsp3) is 0.214. The minimum absolute atomic E-state index is 0.165. The molecule has 1 aromatic carbocycles. The molecule has 0 fully saturated rings. The Balaban J connectivity index is 2.27. The van der Waals surface area contributed by atoms with E-state index in [0.29, 0.717) is 10.8 Å². The minimum Gasteiger partial charge on any atom is -0.483 e. The highest BCUT2D eigenvalue weighted by atomic mass is 79.9. The predicted octanol–water partition coefficient (Wildman–Crippen LogP) is 3.96. The first-order valence-corrected chi connectivity index (χ1v) is 7.02. The Labute approximate surface area is 125 Å². The van der Waals surface area contributed by atoms with Gasteiger partial charge in [-0.3, -0.25) is 4.98 Å². The second kappa shape index (κ2) is 6.37. The van der Waals surface area contributed by atoms with Crippen LogP contribution in [0.2, 0.25) is 5.02 Å². The van der Waals surface area contributed by atoms with Crippen molar-refractivity contribution >= 4 is 27.5 Å². The van der Waals surface area contributed by atoms with Crippen LogP contribution in [0.3, 0.4) is 0 Å².